The van der Waals surface area contributed by atoms with Crippen molar-refractivity contribution >= 4 is 5.91 Å². The molecule has 3 nitrogen and oxygen atoms in total. The molecule has 0 aliphatic heterocycles. The fourth-order valence-electron chi connectivity index (χ4n) is 2.53. The van der Waals surface area contributed by atoms with Gasteiger partial charge in [0, 0.05) is 23.9 Å². The van der Waals surface area contributed by atoms with Crippen molar-refractivity contribution in [1.29, 1.82) is 0 Å². The minimum atomic E-state index is -0.614. The first-order valence-corrected chi connectivity index (χ1v) is 6.61. The zero-order valence-electron chi connectivity index (χ0n) is 10.7. The third-order valence-electron chi connectivity index (χ3n) is 3.75. The monoisotopic (exact) mass is 250 g/mol. The number of carbonyl (C=O) groups excluding carboxylic acids is 1. The van der Waals surface area contributed by atoms with E-state index in [1.54, 1.807) is 0 Å². The molecule has 1 fully saturated rings. The molecule has 0 radical (unpaired) electrons. The Morgan fingerprint density at radius 2 is 2.17 bits per heavy atom. The topological polar surface area (TPSA) is 42.0 Å². The zero-order valence-corrected chi connectivity index (χ0v) is 10.7. The molecule has 1 heterocycles. The maximum absolute atomic E-state index is 12.9. The van der Waals surface area contributed by atoms with Crippen LogP contribution < -0.4 is 5.32 Å². The van der Waals surface area contributed by atoms with Gasteiger partial charge in [0.2, 0.25) is 5.95 Å². The molecule has 0 unspecified atom stereocenters. The van der Waals surface area contributed by atoms with E-state index in [4.69, 9.17) is 0 Å². The zero-order chi connectivity index (χ0) is 13.0. The van der Waals surface area contributed by atoms with Gasteiger partial charge in [-0.1, -0.05) is 13.3 Å². The lowest BCUT2D eigenvalue weighted by atomic mass is 9.84. The van der Waals surface area contributed by atoms with Crippen LogP contribution in [0, 0.1) is 11.9 Å². The van der Waals surface area contributed by atoms with E-state index in [0.717, 1.165) is 18.8 Å². The van der Waals surface area contributed by atoms with Crippen LogP contribution in [-0.2, 0) is 0 Å². The van der Waals surface area contributed by atoms with Crippen LogP contribution in [0.1, 0.15) is 49.4 Å². The summed E-state index contributed by atoms with van der Waals surface area (Å²) in [6.07, 6.45) is 6.93. The van der Waals surface area contributed by atoms with Crippen molar-refractivity contribution in [3.8, 4) is 0 Å². The highest BCUT2D eigenvalue weighted by Gasteiger charge is 2.21. The Bertz CT molecular complexity index is 414. The molecule has 0 bridgehead atoms. The van der Waals surface area contributed by atoms with E-state index >= 15 is 0 Å². The molecule has 1 aliphatic rings. The summed E-state index contributed by atoms with van der Waals surface area (Å²) in [5, 5.41) is 2.97. The Balaban J connectivity index is 1.89. The summed E-state index contributed by atoms with van der Waals surface area (Å²) < 4.78 is 12.9. The Kier molecular flexibility index (Phi) is 4.28. The molecule has 1 aromatic heterocycles. The molecule has 1 aromatic rings. The summed E-state index contributed by atoms with van der Waals surface area (Å²) in [5.41, 5.74) is 0.347. The third-order valence-corrected chi connectivity index (χ3v) is 3.75. The molecule has 0 spiro atoms. The van der Waals surface area contributed by atoms with Gasteiger partial charge in [0.05, 0.1) is 0 Å². The fourth-order valence-corrected chi connectivity index (χ4v) is 2.53. The number of pyridine rings is 1. The van der Waals surface area contributed by atoms with Crippen LogP contribution in [0.15, 0.2) is 18.3 Å². The molecular weight excluding hydrogens is 231 g/mol. The van der Waals surface area contributed by atoms with E-state index in [1.165, 1.54) is 37.6 Å². The van der Waals surface area contributed by atoms with E-state index < -0.39 is 5.95 Å². The molecule has 0 saturated heterocycles. The van der Waals surface area contributed by atoms with Crippen LogP contribution >= 0.6 is 0 Å². The highest BCUT2D eigenvalue weighted by Crippen LogP contribution is 2.26. The van der Waals surface area contributed by atoms with E-state index in [1.807, 2.05) is 0 Å². The van der Waals surface area contributed by atoms with Crippen molar-refractivity contribution in [2.45, 2.75) is 45.1 Å². The van der Waals surface area contributed by atoms with E-state index in [-0.39, 0.29) is 11.9 Å². The first-order valence-electron chi connectivity index (χ1n) is 6.61. The van der Waals surface area contributed by atoms with Crippen LogP contribution in [0.2, 0.25) is 0 Å². The molecule has 1 aliphatic carbocycles. The van der Waals surface area contributed by atoms with Gasteiger partial charge >= 0.3 is 0 Å². The number of aromatic nitrogens is 1. The van der Waals surface area contributed by atoms with Gasteiger partial charge in [-0.15, -0.1) is 0 Å². The Morgan fingerprint density at radius 1 is 1.44 bits per heavy atom. The van der Waals surface area contributed by atoms with Crippen LogP contribution in [0.25, 0.3) is 0 Å². The van der Waals surface area contributed by atoms with Crippen LogP contribution in [-0.4, -0.2) is 16.9 Å². The normalized spacial score (nSPS) is 23.7. The second kappa shape index (κ2) is 5.94. The first kappa shape index (κ1) is 13.0. The summed E-state index contributed by atoms with van der Waals surface area (Å²) in [7, 11) is 0. The number of nitrogens with zero attached hydrogens (tertiary/aromatic N) is 1. The van der Waals surface area contributed by atoms with E-state index in [0.29, 0.717) is 5.56 Å². The van der Waals surface area contributed by atoms with Crippen LogP contribution in [0.5, 0.6) is 0 Å². The lowest BCUT2D eigenvalue weighted by Gasteiger charge is -2.28. The number of amides is 1. The van der Waals surface area contributed by atoms with Crippen LogP contribution in [0.3, 0.4) is 0 Å². The maximum Gasteiger partial charge on any atom is 0.251 e. The number of carbonyl (C=O) groups is 1. The highest BCUT2D eigenvalue weighted by molar-refractivity contribution is 5.94. The van der Waals surface area contributed by atoms with Gasteiger partial charge < -0.3 is 5.32 Å². The number of hydrogen-bond acceptors (Lipinski definition) is 2. The van der Waals surface area contributed by atoms with E-state index in [9.17, 15) is 9.18 Å². The standard InChI is InChI=1S/C14H19FN2O/c1-2-10-3-5-12(6-4-10)17-14(18)11-7-8-16-13(15)9-11/h7-10,12H,2-6H2,1H3,(H,17,18). The van der Waals surface area contributed by atoms with Crippen molar-refractivity contribution in [3.63, 3.8) is 0 Å². The van der Waals surface area contributed by atoms with Crippen molar-refractivity contribution < 1.29 is 9.18 Å². The summed E-state index contributed by atoms with van der Waals surface area (Å²) >= 11 is 0. The molecule has 1 N–H and O–H groups in total. The van der Waals surface area contributed by atoms with Crippen molar-refractivity contribution in [2.24, 2.45) is 5.92 Å². The van der Waals surface area contributed by atoms with Gasteiger partial charge in [-0.3, -0.25) is 4.79 Å². The summed E-state index contributed by atoms with van der Waals surface area (Å²) in [6.45, 7) is 2.21. The molecule has 1 saturated carbocycles. The van der Waals surface area contributed by atoms with E-state index in [2.05, 4.69) is 17.2 Å². The highest BCUT2D eigenvalue weighted by atomic mass is 19.1. The van der Waals surface area contributed by atoms with Gasteiger partial charge in [0.15, 0.2) is 0 Å². The minimum absolute atomic E-state index is 0.198. The number of halogens is 1. The largest absolute Gasteiger partial charge is 0.349 e. The van der Waals surface area contributed by atoms with Crippen molar-refractivity contribution in [2.75, 3.05) is 0 Å². The maximum atomic E-state index is 12.9. The summed E-state index contributed by atoms with van der Waals surface area (Å²) in [5.74, 6) is -0.00916. The van der Waals surface area contributed by atoms with Gasteiger partial charge in [0.25, 0.3) is 5.91 Å². The third kappa shape index (κ3) is 3.28. The summed E-state index contributed by atoms with van der Waals surface area (Å²) in [4.78, 5) is 15.4. The molecule has 18 heavy (non-hydrogen) atoms. The molecule has 0 atom stereocenters. The second-order valence-electron chi connectivity index (χ2n) is 4.97. The van der Waals surface area contributed by atoms with Crippen molar-refractivity contribution in [1.82, 2.24) is 10.3 Å². The van der Waals surface area contributed by atoms with Gasteiger partial charge in [-0.2, -0.15) is 4.39 Å². The average Bonchev–Trinajstić information content (AvgIpc) is 2.39. The lowest BCUT2D eigenvalue weighted by Crippen LogP contribution is -2.37. The van der Waals surface area contributed by atoms with Crippen molar-refractivity contribution in [3.05, 3.63) is 29.8 Å². The lowest BCUT2D eigenvalue weighted by molar-refractivity contribution is 0.0921. The molecule has 1 amide bonds. The molecular formula is C14H19FN2O. The van der Waals surface area contributed by atoms with Gasteiger partial charge in [-0.25, -0.2) is 4.98 Å². The summed E-state index contributed by atoms with van der Waals surface area (Å²) in [6, 6.07) is 2.94. The Morgan fingerprint density at radius 3 is 2.78 bits per heavy atom. The Hall–Kier alpha value is -1.45. The predicted molar refractivity (Wildman–Crippen MR) is 67.7 cm³/mol. The smallest absolute Gasteiger partial charge is 0.251 e. The molecule has 2 rings (SSSR count). The fraction of sp³-hybridized carbons (Fsp3) is 0.571. The molecule has 4 heteroatoms. The second-order valence-corrected chi connectivity index (χ2v) is 4.97. The van der Waals surface area contributed by atoms with Crippen LogP contribution in [0.4, 0.5) is 4.39 Å². The number of rotatable bonds is 3. The predicted octanol–water partition coefficient (Wildman–Crippen LogP) is 2.92. The SMILES string of the molecule is CCC1CCC(NC(=O)c2ccnc(F)c2)CC1. The van der Waals surface area contributed by atoms with Gasteiger partial charge in [0.1, 0.15) is 0 Å². The van der Waals surface area contributed by atoms with Gasteiger partial charge in [-0.05, 0) is 37.7 Å². The minimum Gasteiger partial charge on any atom is -0.349 e. The first-order chi connectivity index (χ1) is 8.69. The Labute approximate surface area is 107 Å². The number of nitrogens with one attached hydrogen (secondary N) is 1. The number of hydrogen-bond donors (Lipinski definition) is 1. The average molecular weight is 250 g/mol. The molecule has 98 valence electrons. The molecule has 0 aromatic carbocycles. The quantitative estimate of drug-likeness (QED) is 0.838.